The van der Waals surface area contributed by atoms with Crippen LogP contribution in [-0.4, -0.2) is 20.3 Å². The minimum atomic E-state index is 0.00848. The van der Waals surface area contributed by atoms with Gasteiger partial charge in [-0.05, 0) is 35.7 Å². The molecule has 0 unspecified atom stereocenters. The number of nitrogens with zero attached hydrogens (tertiary/aromatic N) is 3. The molecular weight excluding hydrogens is 416 g/mol. The van der Waals surface area contributed by atoms with Gasteiger partial charge in [-0.25, -0.2) is 4.98 Å². The monoisotopic (exact) mass is 434 g/mol. The number of hydrogen-bond acceptors (Lipinski definition) is 5. The summed E-state index contributed by atoms with van der Waals surface area (Å²) in [5.41, 5.74) is 4.01. The third kappa shape index (κ3) is 3.82. The first-order valence-corrected chi connectivity index (χ1v) is 9.87. The third-order valence-corrected chi connectivity index (χ3v) is 5.38. The molecule has 2 N–H and O–H groups in total. The van der Waals surface area contributed by atoms with Crippen LogP contribution in [0.4, 0.5) is 11.5 Å². The molecule has 5 nitrogen and oxygen atoms in total. The molecular formula is C22H19BrN4O. The van der Waals surface area contributed by atoms with E-state index in [9.17, 15) is 5.11 Å². The minimum absolute atomic E-state index is 0.00848. The molecule has 140 valence electrons. The fraction of sp³-hybridized carbons (Fsp3) is 0.136. The molecule has 2 heterocycles. The number of aromatic nitrogens is 3. The quantitative estimate of drug-likeness (QED) is 0.440. The van der Waals surface area contributed by atoms with Crippen LogP contribution in [-0.2, 0) is 12.8 Å². The Hall–Kier alpha value is -2.99. The lowest BCUT2D eigenvalue weighted by Crippen LogP contribution is -2.02. The maximum atomic E-state index is 9.61. The largest absolute Gasteiger partial charge is 0.493 e. The Labute approximate surface area is 171 Å². The van der Waals surface area contributed by atoms with Crippen molar-refractivity contribution in [3.63, 3.8) is 0 Å². The van der Waals surface area contributed by atoms with E-state index in [1.165, 1.54) is 5.56 Å². The number of fused-ring (bicyclic) bond motifs is 1. The molecule has 0 aliphatic carbocycles. The van der Waals surface area contributed by atoms with Crippen molar-refractivity contribution in [2.45, 2.75) is 19.8 Å². The van der Waals surface area contributed by atoms with Crippen molar-refractivity contribution in [2.24, 2.45) is 0 Å². The van der Waals surface area contributed by atoms with E-state index in [0.29, 0.717) is 12.2 Å². The summed E-state index contributed by atoms with van der Waals surface area (Å²) in [5, 5.41) is 23.9. The van der Waals surface area contributed by atoms with Crippen LogP contribution in [0, 0.1) is 0 Å². The molecule has 0 atom stereocenters. The van der Waals surface area contributed by atoms with Gasteiger partial charge in [0.05, 0.1) is 5.69 Å². The summed E-state index contributed by atoms with van der Waals surface area (Å²) >= 11 is 3.62. The van der Waals surface area contributed by atoms with Crippen LogP contribution in [0.3, 0.4) is 0 Å². The van der Waals surface area contributed by atoms with E-state index >= 15 is 0 Å². The molecule has 0 bridgehead atoms. The number of aryl methyl sites for hydroxylation is 1. The average molecular weight is 435 g/mol. The number of pyridine rings is 1. The molecule has 0 saturated carbocycles. The van der Waals surface area contributed by atoms with E-state index in [-0.39, 0.29) is 5.88 Å². The van der Waals surface area contributed by atoms with E-state index in [2.05, 4.69) is 55.5 Å². The van der Waals surface area contributed by atoms with Gasteiger partial charge in [0.1, 0.15) is 0 Å². The summed E-state index contributed by atoms with van der Waals surface area (Å²) in [6.45, 7) is 2.13. The number of nitrogens with one attached hydrogen (secondary N) is 1. The summed E-state index contributed by atoms with van der Waals surface area (Å²) in [6.07, 6.45) is 3.14. The van der Waals surface area contributed by atoms with E-state index in [4.69, 9.17) is 0 Å². The van der Waals surface area contributed by atoms with E-state index in [1.54, 1.807) is 12.3 Å². The van der Waals surface area contributed by atoms with Crippen LogP contribution in [0.15, 0.2) is 65.3 Å². The number of benzene rings is 2. The molecule has 6 heteroatoms. The molecule has 0 fully saturated rings. The summed E-state index contributed by atoms with van der Waals surface area (Å²) in [4.78, 5) is 3.83. The van der Waals surface area contributed by atoms with Crippen molar-refractivity contribution in [1.29, 1.82) is 0 Å². The summed E-state index contributed by atoms with van der Waals surface area (Å²) in [7, 11) is 0. The third-order valence-electron chi connectivity index (χ3n) is 4.64. The van der Waals surface area contributed by atoms with Crippen molar-refractivity contribution in [1.82, 2.24) is 15.2 Å². The molecule has 28 heavy (non-hydrogen) atoms. The predicted molar refractivity (Wildman–Crippen MR) is 115 cm³/mol. The zero-order valence-corrected chi connectivity index (χ0v) is 16.9. The van der Waals surface area contributed by atoms with Crippen molar-refractivity contribution in [3.8, 4) is 5.88 Å². The highest BCUT2D eigenvalue weighted by Crippen LogP contribution is 2.29. The lowest BCUT2D eigenvalue weighted by atomic mass is 10.0. The Morgan fingerprint density at radius 1 is 1.00 bits per heavy atom. The molecule has 0 radical (unpaired) electrons. The van der Waals surface area contributed by atoms with Crippen LogP contribution in [0.25, 0.3) is 10.8 Å². The van der Waals surface area contributed by atoms with Gasteiger partial charge >= 0.3 is 0 Å². The van der Waals surface area contributed by atoms with E-state index in [0.717, 1.165) is 38.6 Å². The molecule has 0 aliphatic heterocycles. The maximum absolute atomic E-state index is 9.61. The van der Waals surface area contributed by atoms with Gasteiger partial charge in [0.2, 0.25) is 5.88 Å². The SMILES string of the molecule is CCc1ccc(Nc2nnc(Cc3ccnc(O)c3)c3ccccc23)cc1Br. The van der Waals surface area contributed by atoms with Crippen molar-refractivity contribution in [2.75, 3.05) is 5.32 Å². The second-order valence-corrected chi connectivity index (χ2v) is 7.38. The number of aromatic hydroxyl groups is 1. The molecule has 0 aliphatic rings. The molecule has 4 rings (SSSR count). The van der Waals surface area contributed by atoms with Crippen molar-refractivity contribution >= 4 is 38.2 Å². The fourth-order valence-electron chi connectivity index (χ4n) is 3.19. The topological polar surface area (TPSA) is 70.9 Å². The van der Waals surface area contributed by atoms with Crippen LogP contribution in [0.5, 0.6) is 5.88 Å². The Morgan fingerprint density at radius 2 is 1.82 bits per heavy atom. The Bertz CT molecular complexity index is 1150. The lowest BCUT2D eigenvalue weighted by Gasteiger charge is -2.12. The Morgan fingerprint density at radius 3 is 2.57 bits per heavy atom. The lowest BCUT2D eigenvalue weighted by molar-refractivity contribution is 0.453. The predicted octanol–water partition coefficient (Wildman–Crippen LogP) is 5.39. The normalized spacial score (nSPS) is 10.9. The summed E-state index contributed by atoms with van der Waals surface area (Å²) in [6, 6.07) is 17.8. The van der Waals surface area contributed by atoms with Gasteiger partial charge in [0, 0.05) is 39.6 Å². The Kier molecular flexibility index (Phi) is 5.21. The summed E-state index contributed by atoms with van der Waals surface area (Å²) < 4.78 is 1.08. The standard InChI is InChI=1S/C22H19BrN4O/c1-2-15-7-8-16(13-19(15)23)25-22-18-6-4-3-5-17(18)20(26-27-22)11-14-9-10-24-21(28)12-14/h3-10,12-13H,2,11H2,1H3,(H,24,28)(H,25,27). The van der Waals surface area contributed by atoms with Gasteiger partial charge in [-0.1, -0.05) is 53.2 Å². The van der Waals surface area contributed by atoms with Gasteiger partial charge < -0.3 is 10.4 Å². The maximum Gasteiger partial charge on any atom is 0.210 e. The molecule has 0 amide bonds. The second-order valence-electron chi connectivity index (χ2n) is 6.52. The first kappa shape index (κ1) is 18.4. The highest BCUT2D eigenvalue weighted by Gasteiger charge is 2.11. The van der Waals surface area contributed by atoms with Crippen LogP contribution >= 0.6 is 15.9 Å². The highest BCUT2D eigenvalue weighted by atomic mass is 79.9. The number of rotatable bonds is 5. The van der Waals surface area contributed by atoms with Crippen molar-refractivity contribution < 1.29 is 5.11 Å². The van der Waals surface area contributed by atoms with Gasteiger partial charge in [0.15, 0.2) is 5.82 Å². The zero-order chi connectivity index (χ0) is 19.5. The first-order valence-electron chi connectivity index (χ1n) is 9.07. The molecule has 0 saturated heterocycles. The summed E-state index contributed by atoms with van der Waals surface area (Å²) in [5.74, 6) is 0.724. The highest BCUT2D eigenvalue weighted by molar-refractivity contribution is 9.10. The minimum Gasteiger partial charge on any atom is -0.493 e. The van der Waals surface area contributed by atoms with E-state index < -0.39 is 0 Å². The second kappa shape index (κ2) is 7.94. The molecule has 0 spiro atoms. The number of halogens is 1. The zero-order valence-electron chi connectivity index (χ0n) is 15.4. The first-order chi connectivity index (χ1) is 13.6. The fourth-order valence-corrected chi connectivity index (χ4v) is 3.85. The van der Waals surface area contributed by atoms with Crippen LogP contribution < -0.4 is 5.32 Å². The molecule has 2 aromatic heterocycles. The van der Waals surface area contributed by atoms with E-state index in [1.807, 2.05) is 36.4 Å². The van der Waals surface area contributed by atoms with Gasteiger partial charge in [-0.2, -0.15) is 5.10 Å². The van der Waals surface area contributed by atoms with Crippen LogP contribution in [0.2, 0.25) is 0 Å². The van der Waals surface area contributed by atoms with Gasteiger partial charge in [-0.3, -0.25) is 0 Å². The molecule has 2 aromatic carbocycles. The number of hydrogen-bond donors (Lipinski definition) is 2. The smallest absolute Gasteiger partial charge is 0.210 e. The van der Waals surface area contributed by atoms with Crippen molar-refractivity contribution in [3.05, 3.63) is 82.1 Å². The average Bonchev–Trinajstić information content (AvgIpc) is 2.70. The number of anilines is 2. The molecule has 4 aromatic rings. The van der Waals surface area contributed by atoms with Gasteiger partial charge in [0.25, 0.3) is 0 Å². The Balaban J connectivity index is 1.70. The van der Waals surface area contributed by atoms with Gasteiger partial charge in [-0.15, -0.1) is 5.10 Å². The van der Waals surface area contributed by atoms with Crippen LogP contribution in [0.1, 0.15) is 23.7 Å².